The minimum atomic E-state index is 0.316. The molecule has 2 rings (SSSR count). The van der Waals surface area contributed by atoms with Gasteiger partial charge >= 0.3 is 0 Å². The van der Waals surface area contributed by atoms with Crippen molar-refractivity contribution in [1.82, 2.24) is 0 Å². The van der Waals surface area contributed by atoms with Gasteiger partial charge in [-0.2, -0.15) is 0 Å². The van der Waals surface area contributed by atoms with Crippen molar-refractivity contribution >= 4 is 0 Å². The fraction of sp³-hybridized carbons (Fsp3) is 0.250. The Morgan fingerprint density at radius 1 is 1.00 bits per heavy atom. The summed E-state index contributed by atoms with van der Waals surface area (Å²) in [6, 6.07) is 11.6. The summed E-state index contributed by atoms with van der Waals surface area (Å²) in [5, 5.41) is 0. The van der Waals surface area contributed by atoms with Crippen molar-refractivity contribution < 1.29 is 12.2 Å². The zero-order valence-electron chi connectivity index (χ0n) is 12.7. The maximum atomic E-state index is 7.95. The zero-order valence-corrected chi connectivity index (χ0v) is 10.7. The Kier molecular flexibility index (Phi) is 3.39. The number of hydrogen-bond acceptors (Lipinski definition) is 2. The molecular formula is C16H18O2. The molecule has 2 nitrogen and oxygen atoms in total. The molecule has 0 radical (unpaired) electrons. The van der Waals surface area contributed by atoms with Gasteiger partial charge in [0.15, 0.2) is 11.5 Å². The first-order valence-electron chi connectivity index (χ1n) is 7.13. The van der Waals surface area contributed by atoms with E-state index in [0.717, 1.165) is 11.1 Å². The maximum absolute atomic E-state index is 7.95. The van der Waals surface area contributed by atoms with E-state index in [1.54, 1.807) is 18.2 Å². The predicted molar refractivity (Wildman–Crippen MR) is 74.2 cm³/mol. The van der Waals surface area contributed by atoms with Crippen LogP contribution in [0.4, 0.5) is 0 Å². The van der Waals surface area contributed by atoms with Crippen molar-refractivity contribution in [3.63, 3.8) is 0 Å². The van der Waals surface area contributed by atoms with Crippen LogP contribution in [0.2, 0.25) is 0 Å². The van der Waals surface area contributed by atoms with E-state index in [-0.39, 0.29) is 0 Å². The van der Waals surface area contributed by atoms with Gasteiger partial charge in [-0.05, 0) is 25.5 Å². The highest BCUT2D eigenvalue weighted by Crippen LogP contribution is 2.38. The minimum Gasteiger partial charge on any atom is -0.490 e. The lowest BCUT2D eigenvalue weighted by molar-refractivity contribution is 0.289. The monoisotopic (exact) mass is 244 g/mol. The molecule has 0 fully saturated rings. The largest absolute Gasteiger partial charge is 0.490 e. The van der Waals surface area contributed by atoms with Crippen LogP contribution < -0.4 is 9.47 Å². The lowest BCUT2D eigenvalue weighted by Gasteiger charge is -2.15. The third kappa shape index (κ3) is 2.65. The first-order chi connectivity index (χ1) is 9.67. The van der Waals surface area contributed by atoms with Gasteiger partial charge in [0.2, 0.25) is 0 Å². The molecule has 0 unspecified atom stereocenters. The van der Waals surface area contributed by atoms with Crippen molar-refractivity contribution in [2.45, 2.75) is 13.8 Å². The van der Waals surface area contributed by atoms with Gasteiger partial charge in [0.1, 0.15) is 0 Å². The van der Waals surface area contributed by atoms with E-state index in [9.17, 15) is 0 Å². The minimum absolute atomic E-state index is 0.316. The molecule has 0 N–H and O–H groups in total. The molecule has 0 saturated heterocycles. The molecule has 0 aromatic heterocycles. The Morgan fingerprint density at radius 2 is 1.72 bits per heavy atom. The Labute approximate surface area is 111 Å². The van der Waals surface area contributed by atoms with Crippen LogP contribution in [0.1, 0.15) is 16.6 Å². The second-order valence-electron chi connectivity index (χ2n) is 3.70. The molecule has 94 valence electrons. The molecule has 0 aliphatic heterocycles. The van der Waals surface area contributed by atoms with Crippen LogP contribution in [-0.2, 0) is 0 Å². The molecule has 2 aromatic carbocycles. The van der Waals surface area contributed by atoms with Crippen LogP contribution >= 0.6 is 0 Å². The van der Waals surface area contributed by atoms with E-state index in [0.29, 0.717) is 36.8 Å². The molecule has 0 aliphatic carbocycles. The molecule has 18 heavy (non-hydrogen) atoms. The summed E-state index contributed by atoms with van der Waals surface area (Å²) in [5.74, 6) is 1.07. The van der Waals surface area contributed by atoms with Gasteiger partial charge in [0.25, 0.3) is 0 Å². The molecule has 0 atom stereocenters. The number of benzene rings is 2. The number of hydrogen-bond donors (Lipinski definition) is 0. The Bertz CT molecular complexity index is 580. The number of ether oxygens (including phenoxy) is 2. The lowest BCUT2D eigenvalue weighted by Crippen LogP contribution is -1.99. The van der Waals surface area contributed by atoms with Crippen LogP contribution in [0.15, 0.2) is 48.5 Å². The molecule has 2 aromatic rings. The molecule has 2 heteroatoms. The first-order valence-corrected chi connectivity index (χ1v) is 6.13. The van der Waals surface area contributed by atoms with E-state index in [1.807, 2.05) is 32.0 Å². The summed E-state index contributed by atoms with van der Waals surface area (Å²) >= 11 is 0. The summed E-state index contributed by atoms with van der Waals surface area (Å²) in [6.45, 7) is 4.79. The van der Waals surface area contributed by atoms with E-state index in [4.69, 9.17) is 12.2 Å². The van der Waals surface area contributed by atoms with Crippen molar-refractivity contribution in [3.05, 3.63) is 48.5 Å². The van der Waals surface area contributed by atoms with Gasteiger partial charge in [0, 0.05) is 5.56 Å². The first kappa shape index (κ1) is 10.0. The molecule has 0 aliphatic rings. The Balaban J connectivity index is 2.56. The Morgan fingerprint density at radius 3 is 2.39 bits per heavy atom. The normalized spacial score (nSPS) is 11.7. The highest BCUT2D eigenvalue weighted by molar-refractivity contribution is 5.73. The SMILES string of the molecule is [2H]c1ccc(-c2ccc([2H])c(OCC)c2OCC)cc1. The molecule has 0 amide bonds. The summed E-state index contributed by atoms with van der Waals surface area (Å²) in [5.41, 5.74) is 1.83. The summed E-state index contributed by atoms with van der Waals surface area (Å²) < 4.78 is 26.7. The zero-order chi connectivity index (χ0) is 14.5. The average molecular weight is 244 g/mol. The summed E-state index contributed by atoms with van der Waals surface area (Å²) in [6.07, 6.45) is 0. The summed E-state index contributed by atoms with van der Waals surface area (Å²) in [7, 11) is 0. The molecule has 0 saturated carbocycles. The number of para-hydroxylation sites is 1. The van der Waals surface area contributed by atoms with Crippen LogP contribution in [0.5, 0.6) is 11.5 Å². The van der Waals surface area contributed by atoms with E-state index < -0.39 is 0 Å². The second-order valence-corrected chi connectivity index (χ2v) is 3.70. The van der Waals surface area contributed by atoms with Crippen LogP contribution in [0.3, 0.4) is 0 Å². The average Bonchev–Trinajstić information content (AvgIpc) is 2.44. The van der Waals surface area contributed by atoms with Crippen molar-refractivity contribution in [2.24, 2.45) is 0 Å². The topological polar surface area (TPSA) is 18.5 Å². The highest BCUT2D eigenvalue weighted by atomic mass is 16.5. The van der Waals surface area contributed by atoms with Gasteiger partial charge in [-0.25, -0.2) is 0 Å². The highest BCUT2D eigenvalue weighted by Gasteiger charge is 2.11. The maximum Gasteiger partial charge on any atom is 0.168 e. The third-order valence-corrected chi connectivity index (χ3v) is 2.52. The van der Waals surface area contributed by atoms with Crippen LogP contribution in [-0.4, -0.2) is 13.2 Å². The summed E-state index contributed by atoms with van der Waals surface area (Å²) in [4.78, 5) is 0. The van der Waals surface area contributed by atoms with Gasteiger partial charge in [-0.15, -0.1) is 0 Å². The van der Waals surface area contributed by atoms with Crippen molar-refractivity contribution in [1.29, 1.82) is 0 Å². The third-order valence-electron chi connectivity index (χ3n) is 2.52. The fourth-order valence-corrected chi connectivity index (χ4v) is 1.80. The molecule has 0 spiro atoms. The Hall–Kier alpha value is -1.96. The van der Waals surface area contributed by atoms with Gasteiger partial charge in [0.05, 0.1) is 16.0 Å². The van der Waals surface area contributed by atoms with Crippen LogP contribution in [0, 0.1) is 0 Å². The fourth-order valence-electron chi connectivity index (χ4n) is 1.80. The van der Waals surface area contributed by atoms with Crippen molar-refractivity contribution in [3.8, 4) is 22.6 Å². The lowest BCUT2D eigenvalue weighted by atomic mass is 10.0. The predicted octanol–water partition coefficient (Wildman–Crippen LogP) is 4.15. The van der Waals surface area contributed by atoms with Crippen molar-refractivity contribution in [2.75, 3.05) is 13.2 Å². The number of rotatable bonds is 5. The van der Waals surface area contributed by atoms with E-state index in [1.165, 1.54) is 0 Å². The van der Waals surface area contributed by atoms with Gasteiger partial charge in [-0.1, -0.05) is 42.4 Å². The van der Waals surface area contributed by atoms with Crippen LogP contribution in [0.25, 0.3) is 11.1 Å². The van der Waals surface area contributed by atoms with E-state index >= 15 is 0 Å². The molecule has 0 bridgehead atoms. The molecule has 0 heterocycles. The standard InChI is InChI=1S/C16H18O2/c1-3-17-15-12-8-11-14(16(15)18-4-2)13-9-6-5-7-10-13/h5-12H,3-4H2,1-2H3/i5D,12D. The smallest absolute Gasteiger partial charge is 0.168 e. The molecular weight excluding hydrogens is 224 g/mol. The second kappa shape index (κ2) is 6.10. The van der Waals surface area contributed by atoms with Gasteiger partial charge in [-0.3, -0.25) is 0 Å². The van der Waals surface area contributed by atoms with E-state index in [2.05, 4.69) is 0 Å². The van der Waals surface area contributed by atoms with Gasteiger partial charge < -0.3 is 9.47 Å². The quantitative estimate of drug-likeness (QED) is 0.786.